The number of nitrogens with zero attached hydrogens (tertiary/aromatic N) is 1. The van der Waals surface area contributed by atoms with Crippen LogP contribution in [0.15, 0.2) is 30.3 Å². The van der Waals surface area contributed by atoms with Crippen LogP contribution in [0.4, 0.5) is 0 Å². The predicted molar refractivity (Wildman–Crippen MR) is 103 cm³/mol. The molecule has 0 heterocycles. The van der Waals surface area contributed by atoms with E-state index in [0.29, 0.717) is 18.9 Å². The number of rotatable bonds is 9. The molecule has 1 fully saturated rings. The Morgan fingerprint density at radius 2 is 1.89 bits per heavy atom. The summed E-state index contributed by atoms with van der Waals surface area (Å²) in [6.45, 7) is 2.16. The smallest absolute Gasteiger partial charge is 0.325 e. The first-order chi connectivity index (χ1) is 13.0. The van der Waals surface area contributed by atoms with E-state index in [-0.39, 0.29) is 24.4 Å². The highest BCUT2D eigenvalue weighted by Gasteiger charge is 2.31. The minimum atomic E-state index is -0.466. The third-order valence-corrected chi connectivity index (χ3v) is 5.44. The molecule has 0 bridgehead atoms. The second kappa shape index (κ2) is 11.0. The molecular weight excluding hydrogens is 344 g/mol. The van der Waals surface area contributed by atoms with E-state index in [1.54, 1.807) is 0 Å². The van der Waals surface area contributed by atoms with E-state index in [1.165, 1.54) is 31.4 Å². The van der Waals surface area contributed by atoms with Gasteiger partial charge in [-0.25, -0.2) is 0 Å². The molecule has 2 N–H and O–H groups in total. The maximum Gasteiger partial charge on any atom is 0.325 e. The van der Waals surface area contributed by atoms with Gasteiger partial charge in [0.1, 0.15) is 6.54 Å². The van der Waals surface area contributed by atoms with Gasteiger partial charge < -0.3 is 15.3 Å². The number of esters is 1. The van der Waals surface area contributed by atoms with Crippen molar-refractivity contribution in [2.45, 2.75) is 58.0 Å². The Kier molecular flexibility index (Phi) is 8.75. The van der Waals surface area contributed by atoms with Crippen molar-refractivity contribution >= 4 is 11.9 Å². The maximum absolute atomic E-state index is 12.3. The summed E-state index contributed by atoms with van der Waals surface area (Å²) in [6, 6.07) is 9.78. The highest BCUT2D eigenvalue weighted by Crippen LogP contribution is 2.32. The summed E-state index contributed by atoms with van der Waals surface area (Å²) in [5, 5.41) is 14.9. The lowest BCUT2D eigenvalue weighted by atomic mass is 9.80. The van der Waals surface area contributed by atoms with Crippen LogP contribution in [0.2, 0.25) is 0 Å². The topological polar surface area (TPSA) is 78.9 Å². The van der Waals surface area contributed by atoms with Gasteiger partial charge in [-0.2, -0.15) is 5.06 Å². The summed E-state index contributed by atoms with van der Waals surface area (Å²) in [6.07, 6.45) is 6.29. The third-order valence-electron chi connectivity index (χ3n) is 5.44. The molecule has 0 spiro atoms. The van der Waals surface area contributed by atoms with Crippen molar-refractivity contribution in [3.63, 3.8) is 0 Å². The number of hydrogen-bond acceptors (Lipinski definition) is 5. The van der Waals surface area contributed by atoms with Crippen LogP contribution in [0.3, 0.4) is 0 Å². The van der Waals surface area contributed by atoms with Crippen LogP contribution in [0.5, 0.6) is 0 Å². The van der Waals surface area contributed by atoms with E-state index >= 15 is 0 Å². The summed E-state index contributed by atoms with van der Waals surface area (Å²) in [5.74, 6) is -0.572. The number of benzene rings is 1. The monoisotopic (exact) mass is 376 g/mol. The van der Waals surface area contributed by atoms with Crippen LogP contribution in [-0.4, -0.2) is 41.8 Å². The predicted octanol–water partition coefficient (Wildman–Crippen LogP) is 3.14. The molecule has 1 aromatic rings. The molecule has 6 nitrogen and oxygen atoms in total. The van der Waals surface area contributed by atoms with Crippen molar-refractivity contribution in [2.24, 2.45) is 11.8 Å². The summed E-state index contributed by atoms with van der Waals surface area (Å²) in [4.78, 5) is 23.6. The molecule has 0 radical (unpaired) electrons. The number of hydroxylamine groups is 2. The van der Waals surface area contributed by atoms with E-state index < -0.39 is 5.97 Å². The van der Waals surface area contributed by atoms with Crippen molar-refractivity contribution in [2.75, 3.05) is 13.7 Å². The number of nitrogens with one attached hydrogen (secondary N) is 1. The van der Waals surface area contributed by atoms with E-state index in [2.05, 4.69) is 10.1 Å². The number of carbonyl (C=O) groups excluding carboxylic acids is 2. The van der Waals surface area contributed by atoms with Crippen LogP contribution in [0.25, 0.3) is 0 Å². The number of methoxy groups -OCH3 is 1. The fraction of sp³-hybridized carbons (Fsp3) is 0.619. The van der Waals surface area contributed by atoms with Crippen molar-refractivity contribution in [3.05, 3.63) is 35.9 Å². The molecule has 150 valence electrons. The minimum absolute atomic E-state index is 0.0793. The SMILES string of the molecule is COC(=O)CNC(=O)C(C)CC(C1CCCCC1)N(O)Cc1ccccc1. The molecule has 6 heteroatoms. The van der Waals surface area contributed by atoms with Gasteiger partial charge in [0.25, 0.3) is 0 Å². The van der Waals surface area contributed by atoms with Gasteiger partial charge in [0, 0.05) is 18.5 Å². The zero-order chi connectivity index (χ0) is 19.6. The van der Waals surface area contributed by atoms with Crippen molar-refractivity contribution < 1.29 is 19.5 Å². The summed E-state index contributed by atoms with van der Waals surface area (Å²) in [5.41, 5.74) is 1.05. The number of ether oxygens (including phenoxy) is 1. The van der Waals surface area contributed by atoms with Crippen LogP contribution in [0.1, 0.15) is 51.0 Å². The lowest BCUT2D eigenvalue weighted by Crippen LogP contribution is -2.43. The molecule has 1 aromatic carbocycles. The second-order valence-corrected chi connectivity index (χ2v) is 7.48. The van der Waals surface area contributed by atoms with E-state index in [1.807, 2.05) is 37.3 Å². The zero-order valence-corrected chi connectivity index (χ0v) is 16.4. The Morgan fingerprint density at radius 3 is 2.52 bits per heavy atom. The summed E-state index contributed by atoms with van der Waals surface area (Å²) in [7, 11) is 1.30. The Balaban J connectivity index is 2.00. The molecule has 0 saturated heterocycles. The van der Waals surface area contributed by atoms with E-state index in [9.17, 15) is 14.8 Å². The average Bonchev–Trinajstić information content (AvgIpc) is 2.70. The summed E-state index contributed by atoms with van der Waals surface area (Å²) < 4.78 is 4.56. The third kappa shape index (κ3) is 6.96. The quantitative estimate of drug-likeness (QED) is 0.511. The fourth-order valence-corrected chi connectivity index (χ4v) is 3.84. The highest BCUT2D eigenvalue weighted by atomic mass is 16.5. The van der Waals surface area contributed by atoms with E-state index in [4.69, 9.17) is 0 Å². The molecule has 1 amide bonds. The van der Waals surface area contributed by atoms with Gasteiger partial charge in [0.05, 0.1) is 7.11 Å². The Bertz CT molecular complexity index is 587. The molecule has 2 unspecified atom stereocenters. The minimum Gasteiger partial charge on any atom is -0.468 e. The first-order valence-corrected chi connectivity index (χ1v) is 9.85. The van der Waals surface area contributed by atoms with Crippen molar-refractivity contribution in [1.29, 1.82) is 0 Å². The number of carbonyl (C=O) groups is 2. The van der Waals surface area contributed by atoms with Crippen LogP contribution >= 0.6 is 0 Å². The Morgan fingerprint density at radius 1 is 1.22 bits per heavy atom. The van der Waals surface area contributed by atoms with Crippen LogP contribution in [-0.2, 0) is 20.9 Å². The lowest BCUT2D eigenvalue weighted by molar-refractivity contribution is -0.160. The first-order valence-electron chi connectivity index (χ1n) is 9.85. The highest BCUT2D eigenvalue weighted by molar-refractivity contribution is 5.83. The van der Waals surface area contributed by atoms with Gasteiger partial charge >= 0.3 is 5.97 Å². The molecule has 2 rings (SSSR count). The van der Waals surface area contributed by atoms with Gasteiger partial charge in [-0.1, -0.05) is 56.5 Å². The Labute approximate surface area is 161 Å². The summed E-state index contributed by atoms with van der Waals surface area (Å²) >= 11 is 0. The van der Waals surface area contributed by atoms with E-state index in [0.717, 1.165) is 18.4 Å². The first kappa shape index (κ1) is 21.4. The fourth-order valence-electron chi connectivity index (χ4n) is 3.84. The number of amides is 1. The van der Waals surface area contributed by atoms with Gasteiger partial charge in [-0.15, -0.1) is 0 Å². The molecule has 1 saturated carbocycles. The lowest BCUT2D eigenvalue weighted by Gasteiger charge is -2.36. The Hall–Kier alpha value is -1.92. The zero-order valence-electron chi connectivity index (χ0n) is 16.4. The maximum atomic E-state index is 12.3. The number of hydrogen-bond donors (Lipinski definition) is 2. The van der Waals surface area contributed by atoms with Gasteiger partial charge in [-0.3, -0.25) is 9.59 Å². The molecule has 0 aromatic heterocycles. The molecule has 1 aliphatic rings. The van der Waals surface area contributed by atoms with Crippen LogP contribution < -0.4 is 5.32 Å². The molecule has 2 atom stereocenters. The average molecular weight is 376 g/mol. The molecule has 1 aliphatic carbocycles. The van der Waals surface area contributed by atoms with Gasteiger partial charge in [0.2, 0.25) is 5.91 Å². The molecule has 27 heavy (non-hydrogen) atoms. The molecule has 0 aliphatic heterocycles. The van der Waals surface area contributed by atoms with Crippen molar-refractivity contribution in [3.8, 4) is 0 Å². The second-order valence-electron chi connectivity index (χ2n) is 7.48. The normalized spacial score (nSPS) is 17.3. The van der Waals surface area contributed by atoms with Crippen LogP contribution in [0, 0.1) is 11.8 Å². The van der Waals surface area contributed by atoms with Crippen molar-refractivity contribution in [1.82, 2.24) is 10.4 Å². The van der Waals surface area contributed by atoms with Gasteiger partial charge in [0.15, 0.2) is 0 Å². The standard InChI is InChI=1S/C21H32N2O4/c1-16(21(25)22-14-20(24)27-2)13-19(18-11-7-4-8-12-18)23(26)15-17-9-5-3-6-10-17/h3,5-6,9-10,16,18-19,26H,4,7-8,11-15H2,1-2H3,(H,22,25). The largest absolute Gasteiger partial charge is 0.468 e. The van der Waals surface area contributed by atoms with Gasteiger partial charge in [-0.05, 0) is 30.7 Å². The molecular formula is C21H32N2O4.